The second kappa shape index (κ2) is 10.4. The molecule has 0 radical (unpaired) electrons. The fraction of sp³-hybridized carbons (Fsp3) is 0.292. The van der Waals surface area contributed by atoms with E-state index in [9.17, 15) is 9.18 Å². The van der Waals surface area contributed by atoms with Gasteiger partial charge < -0.3 is 14.2 Å². The molecule has 3 aromatic rings. The highest BCUT2D eigenvalue weighted by atomic mass is 35.5. The average Bonchev–Trinajstić information content (AvgIpc) is 3.29. The van der Waals surface area contributed by atoms with Gasteiger partial charge in [0.25, 0.3) is 5.91 Å². The molecule has 1 saturated heterocycles. The highest BCUT2D eigenvalue weighted by Crippen LogP contribution is 2.27. The lowest BCUT2D eigenvalue weighted by atomic mass is 10.0. The Morgan fingerprint density at radius 1 is 1.03 bits per heavy atom. The van der Waals surface area contributed by atoms with Crippen LogP contribution in [-0.2, 0) is 6.42 Å². The summed E-state index contributed by atoms with van der Waals surface area (Å²) in [6.45, 7) is 2.83. The summed E-state index contributed by atoms with van der Waals surface area (Å²) in [6, 6.07) is 20.1. The van der Waals surface area contributed by atoms with Crippen LogP contribution in [0.25, 0.3) is 0 Å². The molecule has 0 bridgehead atoms. The van der Waals surface area contributed by atoms with Crippen LogP contribution in [0.5, 0.6) is 0 Å². The van der Waals surface area contributed by atoms with Crippen LogP contribution in [0.4, 0.5) is 10.1 Å². The number of furan rings is 1. The zero-order chi connectivity index (χ0) is 20.1. The number of benzene rings is 2. The van der Waals surface area contributed by atoms with Crippen LogP contribution in [0.3, 0.4) is 0 Å². The SMILES string of the molecule is Cl.O=C(c1ccco1)N(c1cccc(F)c1)C1CCN(CCc2ccccc2)CC1. The first-order chi connectivity index (χ1) is 14.2. The molecule has 0 saturated carbocycles. The van der Waals surface area contributed by atoms with Gasteiger partial charge in [-0.05, 0) is 55.2 Å². The van der Waals surface area contributed by atoms with Gasteiger partial charge in [0.05, 0.1) is 6.26 Å². The van der Waals surface area contributed by atoms with Gasteiger partial charge in [-0.15, -0.1) is 12.4 Å². The summed E-state index contributed by atoms with van der Waals surface area (Å²) in [4.78, 5) is 17.2. The first kappa shape index (κ1) is 22.1. The molecule has 0 spiro atoms. The molecule has 6 heteroatoms. The molecule has 1 aliphatic heterocycles. The third kappa shape index (κ3) is 5.29. The van der Waals surface area contributed by atoms with Crippen molar-refractivity contribution >= 4 is 24.0 Å². The number of anilines is 1. The molecule has 2 aromatic carbocycles. The number of amides is 1. The van der Waals surface area contributed by atoms with Crippen molar-refractivity contribution < 1.29 is 13.6 Å². The zero-order valence-corrected chi connectivity index (χ0v) is 17.6. The van der Waals surface area contributed by atoms with Crippen LogP contribution in [0.15, 0.2) is 77.4 Å². The lowest BCUT2D eigenvalue weighted by molar-refractivity contribution is 0.0933. The summed E-state index contributed by atoms with van der Waals surface area (Å²) in [7, 11) is 0. The second-order valence-corrected chi connectivity index (χ2v) is 7.44. The Morgan fingerprint density at radius 2 is 1.80 bits per heavy atom. The van der Waals surface area contributed by atoms with E-state index in [-0.39, 0.29) is 35.9 Å². The van der Waals surface area contributed by atoms with Crippen molar-refractivity contribution in [1.29, 1.82) is 0 Å². The van der Waals surface area contributed by atoms with Crippen molar-refractivity contribution in [3.63, 3.8) is 0 Å². The van der Waals surface area contributed by atoms with E-state index in [2.05, 4.69) is 29.2 Å². The van der Waals surface area contributed by atoms with Gasteiger partial charge in [-0.1, -0.05) is 36.4 Å². The van der Waals surface area contributed by atoms with Gasteiger partial charge in [0.15, 0.2) is 5.76 Å². The number of hydrogen-bond donors (Lipinski definition) is 0. The second-order valence-electron chi connectivity index (χ2n) is 7.44. The van der Waals surface area contributed by atoms with Gasteiger partial charge in [-0.3, -0.25) is 4.79 Å². The fourth-order valence-corrected chi connectivity index (χ4v) is 3.97. The Morgan fingerprint density at radius 3 is 2.47 bits per heavy atom. The minimum absolute atomic E-state index is 0. The zero-order valence-electron chi connectivity index (χ0n) is 16.7. The summed E-state index contributed by atoms with van der Waals surface area (Å²) >= 11 is 0. The van der Waals surface area contributed by atoms with Crippen LogP contribution in [0.2, 0.25) is 0 Å². The number of hydrogen-bond acceptors (Lipinski definition) is 3. The smallest absolute Gasteiger partial charge is 0.294 e. The molecule has 0 atom stereocenters. The summed E-state index contributed by atoms with van der Waals surface area (Å²) < 4.78 is 19.2. The quantitative estimate of drug-likeness (QED) is 0.541. The van der Waals surface area contributed by atoms with Crippen molar-refractivity contribution in [3.05, 3.63) is 90.1 Å². The summed E-state index contributed by atoms with van der Waals surface area (Å²) in [5, 5.41) is 0. The minimum Gasteiger partial charge on any atom is -0.459 e. The van der Waals surface area contributed by atoms with Crippen molar-refractivity contribution in [2.24, 2.45) is 0 Å². The number of halogens is 2. The molecule has 0 N–H and O–H groups in total. The van der Waals surface area contributed by atoms with Crippen LogP contribution in [0, 0.1) is 5.82 Å². The summed E-state index contributed by atoms with van der Waals surface area (Å²) in [5.74, 6) is -0.288. The molecule has 4 rings (SSSR count). The van der Waals surface area contributed by atoms with Crippen LogP contribution in [-0.4, -0.2) is 36.5 Å². The number of carbonyl (C=O) groups excluding carboxylic acids is 1. The number of piperidine rings is 1. The number of nitrogens with zero attached hydrogens (tertiary/aromatic N) is 2. The van der Waals surface area contributed by atoms with E-state index in [0.29, 0.717) is 5.69 Å². The Hall–Kier alpha value is -2.63. The minimum atomic E-state index is -0.347. The Kier molecular flexibility index (Phi) is 7.66. The molecule has 1 amide bonds. The maximum atomic E-state index is 13.9. The van der Waals surface area contributed by atoms with Gasteiger partial charge in [0.2, 0.25) is 0 Å². The molecule has 0 unspecified atom stereocenters. The predicted octanol–water partition coefficient (Wildman–Crippen LogP) is 5.19. The number of likely N-dealkylation sites (tertiary alicyclic amines) is 1. The van der Waals surface area contributed by atoms with Gasteiger partial charge in [-0.2, -0.15) is 0 Å². The van der Waals surface area contributed by atoms with Gasteiger partial charge >= 0.3 is 0 Å². The average molecular weight is 429 g/mol. The van der Waals surface area contributed by atoms with Crippen LogP contribution >= 0.6 is 12.4 Å². The molecule has 4 nitrogen and oxygen atoms in total. The first-order valence-electron chi connectivity index (χ1n) is 10.1. The molecular weight excluding hydrogens is 403 g/mol. The van der Waals surface area contributed by atoms with Crippen LogP contribution in [0.1, 0.15) is 29.0 Å². The van der Waals surface area contributed by atoms with Gasteiger partial charge in [-0.25, -0.2) is 4.39 Å². The topological polar surface area (TPSA) is 36.7 Å². The third-order valence-electron chi connectivity index (χ3n) is 5.52. The maximum absolute atomic E-state index is 13.9. The van der Waals surface area contributed by atoms with E-state index in [1.807, 2.05) is 6.07 Å². The van der Waals surface area contributed by atoms with E-state index in [1.54, 1.807) is 29.2 Å². The highest BCUT2D eigenvalue weighted by Gasteiger charge is 2.31. The molecule has 1 fully saturated rings. The monoisotopic (exact) mass is 428 g/mol. The lowest BCUT2D eigenvalue weighted by Gasteiger charge is -2.38. The molecule has 0 aliphatic carbocycles. The van der Waals surface area contributed by atoms with Gasteiger partial charge in [0.1, 0.15) is 5.82 Å². The van der Waals surface area contributed by atoms with E-state index in [0.717, 1.165) is 38.9 Å². The molecule has 1 aromatic heterocycles. The Bertz CT molecular complexity index is 925. The normalized spacial score (nSPS) is 14.8. The molecule has 30 heavy (non-hydrogen) atoms. The van der Waals surface area contributed by atoms with Crippen molar-refractivity contribution in [1.82, 2.24) is 4.90 Å². The molecule has 2 heterocycles. The first-order valence-corrected chi connectivity index (χ1v) is 10.1. The summed E-state index contributed by atoms with van der Waals surface area (Å²) in [5.41, 5.74) is 1.91. The maximum Gasteiger partial charge on any atom is 0.294 e. The molecular formula is C24H26ClFN2O2. The highest BCUT2D eigenvalue weighted by molar-refractivity contribution is 6.04. The predicted molar refractivity (Wildman–Crippen MR) is 119 cm³/mol. The third-order valence-corrected chi connectivity index (χ3v) is 5.52. The number of rotatable bonds is 6. The largest absolute Gasteiger partial charge is 0.459 e. The summed E-state index contributed by atoms with van der Waals surface area (Å²) in [6.07, 6.45) is 4.20. The van der Waals surface area contributed by atoms with Crippen molar-refractivity contribution in [3.8, 4) is 0 Å². The van der Waals surface area contributed by atoms with Crippen molar-refractivity contribution in [2.45, 2.75) is 25.3 Å². The van der Waals surface area contributed by atoms with E-state index in [4.69, 9.17) is 4.42 Å². The van der Waals surface area contributed by atoms with Crippen molar-refractivity contribution in [2.75, 3.05) is 24.5 Å². The number of carbonyl (C=O) groups is 1. The fourth-order valence-electron chi connectivity index (χ4n) is 3.97. The van der Waals surface area contributed by atoms with E-state index < -0.39 is 0 Å². The lowest BCUT2D eigenvalue weighted by Crippen LogP contribution is -2.48. The Balaban J connectivity index is 0.00000256. The van der Waals surface area contributed by atoms with E-state index in [1.165, 1.54) is 24.0 Å². The standard InChI is InChI=1S/C24H25FN2O2.ClH/c25-20-8-4-9-22(18-20)27(24(28)23-10-5-17-29-23)21-12-15-26(16-13-21)14-11-19-6-2-1-3-7-19;/h1-10,17-18,21H,11-16H2;1H. The van der Waals surface area contributed by atoms with E-state index >= 15 is 0 Å². The van der Waals surface area contributed by atoms with Gasteiger partial charge in [0, 0.05) is 31.4 Å². The molecule has 158 valence electrons. The Labute approximate surface area is 182 Å². The van der Waals surface area contributed by atoms with Crippen LogP contribution < -0.4 is 4.90 Å². The molecule has 1 aliphatic rings.